The maximum absolute atomic E-state index is 12.4. The van der Waals surface area contributed by atoms with Gasteiger partial charge in [-0.15, -0.1) is 0 Å². The van der Waals surface area contributed by atoms with E-state index in [0.29, 0.717) is 11.6 Å². The van der Waals surface area contributed by atoms with Crippen LogP contribution in [0.3, 0.4) is 0 Å². The van der Waals surface area contributed by atoms with Gasteiger partial charge in [0.05, 0.1) is 22.8 Å². The van der Waals surface area contributed by atoms with Crippen LogP contribution in [0.5, 0.6) is 0 Å². The number of aryl methyl sites for hydroxylation is 2. The lowest BCUT2D eigenvalue weighted by Crippen LogP contribution is -2.54. The van der Waals surface area contributed by atoms with Crippen LogP contribution in [0, 0.1) is 25.2 Å². The topological polar surface area (TPSA) is 72.3 Å². The molecule has 0 bridgehead atoms. The van der Waals surface area contributed by atoms with Crippen molar-refractivity contribution in [3.63, 3.8) is 0 Å². The lowest BCUT2D eigenvalue weighted by atomic mass is 10.0. The molecule has 4 rings (SSSR count). The summed E-state index contributed by atoms with van der Waals surface area (Å²) in [6.45, 7) is 9.33. The molecule has 2 fully saturated rings. The lowest BCUT2D eigenvalue weighted by molar-refractivity contribution is -0.126. The van der Waals surface area contributed by atoms with Gasteiger partial charge < -0.3 is 10.2 Å². The second-order valence-corrected chi connectivity index (χ2v) is 8.09. The Labute approximate surface area is 166 Å². The molecule has 2 heterocycles. The van der Waals surface area contributed by atoms with Crippen LogP contribution in [-0.4, -0.2) is 54.1 Å². The number of pyridine rings is 1. The van der Waals surface area contributed by atoms with Gasteiger partial charge in [0.2, 0.25) is 5.91 Å². The summed E-state index contributed by atoms with van der Waals surface area (Å²) in [4.78, 5) is 21.4. The summed E-state index contributed by atoms with van der Waals surface area (Å²) >= 11 is 0. The fourth-order valence-electron chi connectivity index (χ4n) is 4.12. The first-order valence-corrected chi connectivity index (χ1v) is 10.1. The molecule has 1 atom stereocenters. The summed E-state index contributed by atoms with van der Waals surface area (Å²) < 4.78 is 0. The highest BCUT2D eigenvalue weighted by molar-refractivity contribution is 5.96. The number of hydrogen-bond acceptors (Lipinski definition) is 5. The summed E-state index contributed by atoms with van der Waals surface area (Å²) in [6, 6.07) is 6.86. The zero-order valence-corrected chi connectivity index (χ0v) is 16.8. The molecule has 1 N–H and O–H groups in total. The normalized spacial score (nSPS) is 18.7. The number of carbonyl (C=O) groups excluding carboxylic acids is 1. The van der Waals surface area contributed by atoms with Gasteiger partial charge in [0.15, 0.2) is 0 Å². The van der Waals surface area contributed by atoms with Gasteiger partial charge in [-0.25, -0.2) is 0 Å². The zero-order chi connectivity index (χ0) is 19.8. The minimum atomic E-state index is -0.114. The predicted octanol–water partition coefficient (Wildman–Crippen LogP) is 2.51. The van der Waals surface area contributed by atoms with Crippen LogP contribution >= 0.6 is 0 Å². The Morgan fingerprint density at radius 1 is 1.25 bits per heavy atom. The van der Waals surface area contributed by atoms with Crippen LogP contribution in [0.4, 0.5) is 5.69 Å². The van der Waals surface area contributed by atoms with Gasteiger partial charge in [-0.05, 0) is 45.2 Å². The number of amides is 1. The van der Waals surface area contributed by atoms with Crippen molar-refractivity contribution >= 4 is 22.5 Å². The smallest absolute Gasteiger partial charge is 0.237 e. The molecular formula is C22H27N5O. The summed E-state index contributed by atoms with van der Waals surface area (Å²) in [5.74, 6) is 0.134. The third kappa shape index (κ3) is 3.55. The van der Waals surface area contributed by atoms with E-state index in [4.69, 9.17) is 0 Å². The van der Waals surface area contributed by atoms with E-state index in [1.807, 2.05) is 6.92 Å². The first-order valence-electron chi connectivity index (χ1n) is 10.1. The third-order valence-corrected chi connectivity index (χ3v) is 5.88. The molecule has 2 aliphatic rings. The standard InChI is InChI=1S/C22H27N5O/c1-14-10-15(2)20-19(11-14)21(17(12-23)13-24-20)27-8-6-26(7-9-27)16(3)22(28)25-18-4-5-18/h10-11,13,16,18H,4-9H2,1-3H3,(H,25,28). The Hall–Kier alpha value is -2.65. The van der Waals surface area contributed by atoms with Crippen molar-refractivity contribution in [1.29, 1.82) is 5.26 Å². The molecule has 6 nitrogen and oxygen atoms in total. The number of carbonyl (C=O) groups is 1. The quantitative estimate of drug-likeness (QED) is 0.886. The highest BCUT2D eigenvalue weighted by Crippen LogP contribution is 2.32. The van der Waals surface area contributed by atoms with Crippen molar-refractivity contribution in [2.45, 2.75) is 45.7 Å². The van der Waals surface area contributed by atoms with E-state index in [1.165, 1.54) is 5.56 Å². The van der Waals surface area contributed by atoms with Gasteiger partial charge >= 0.3 is 0 Å². The molecule has 1 amide bonds. The summed E-state index contributed by atoms with van der Waals surface area (Å²) in [5, 5.41) is 13.8. The molecule has 1 unspecified atom stereocenters. The van der Waals surface area contributed by atoms with Gasteiger partial charge in [-0.1, -0.05) is 11.6 Å². The fourth-order valence-corrected chi connectivity index (χ4v) is 4.12. The Morgan fingerprint density at radius 2 is 1.96 bits per heavy atom. The van der Waals surface area contributed by atoms with Gasteiger partial charge in [-0.2, -0.15) is 5.26 Å². The monoisotopic (exact) mass is 377 g/mol. The van der Waals surface area contributed by atoms with Crippen LogP contribution in [0.15, 0.2) is 18.3 Å². The van der Waals surface area contributed by atoms with E-state index in [9.17, 15) is 10.1 Å². The van der Waals surface area contributed by atoms with E-state index < -0.39 is 0 Å². The van der Waals surface area contributed by atoms with E-state index in [1.54, 1.807) is 6.20 Å². The summed E-state index contributed by atoms with van der Waals surface area (Å²) in [7, 11) is 0. The molecule has 1 aromatic carbocycles. The molecule has 1 saturated carbocycles. The van der Waals surface area contributed by atoms with Crippen LogP contribution < -0.4 is 10.2 Å². The van der Waals surface area contributed by atoms with Gasteiger partial charge in [0, 0.05) is 43.8 Å². The number of hydrogen-bond donors (Lipinski definition) is 1. The largest absolute Gasteiger partial charge is 0.367 e. The summed E-state index contributed by atoms with van der Waals surface area (Å²) in [6.07, 6.45) is 3.91. The molecule has 28 heavy (non-hydrogen) atoms. The van der Waals surface area contributed by atoms with E-state index >= 15 is 0 Å². The van der Waals surface area contributed by atoms with Crippen LogP contribution in [0.2, 0.25) is 0 Å². The van der Waals surface area contributed by atoms with Gasteiger partial charge in [-0.3, -0.25) is 14.7 Å². The molecule has 0 radical (unpaired) electrons. The molecule has 146 valence electrons. The molecule has 1 saturated heterocycles. The summed E-state index contributed by atoms with van der Waals surface area (Å²) in [5.41, 5.74) is 4.86. The molecule has 1 aliphatic carbocycles. The second kappa shape index (κ2) is 7.40. The number of rotatable bonds is 4. The molecule has 1 aromatic heterocycles. The highest BCUT2D eigenvalue weighted by Gasteiger charge is 2.30. The maximum atomic E-state index is 12.4. The number of nitrogens with one attached hydrogen (secondary N) is 1. The number of fused-ring (bicyclic) bond motifs is 1. The van der Waals surface area contributed by atoms with Crippen molar-refractivity contribution in [1.82, 2.24) is 15.2 Å². The van der Waals surface area contributed by atoms with Crippen molar-refractivity contribution in [2.24, 2.45) is 0 Å². The molecular weight excluding hydrogens is 350 g/mol. The maximum Gasteiger partial charge on any atom is 0.237 e. The van der Waals surface area contributed by atoms with Crippen LogP contribution in [-0.2, 0) is 4.79 Å². The predicted molar refractivity (Wildman–Crippen MR) is 110 cm³/mol. The first kappa shape index (κ1) is 18.7. The lowest BCUT2D eigenvalue weighted by Gasteiger charge is -2.39. The zero-order valence-electron chi connectivity index (χ0n) is 16.8. The van der Waals surface area contributed by atoms with Crippen LogP contribution in [0.1, 0.15) is 36.5 Å². The molecule has 2 aromatic rings. The SMILES string of the molecule is Cc1cc(C)c2ncc(C#N)c(N3CCN(C(C)C(=O)NC4CC4)CC3)c2c1. The molecule has 6 heteroatoms. The van der Waals surface area contributed by atoms with Crippen LogP contribution in [0.25, 0.3) is 10.9 Å². The number of nitrogens with zero attached hydrogens (tertiary/aromatic N) is 4. The number of aromatic nitrogens is 1. The number of nitriles is 1. The van der Waals surface area contributed by atoms with E-state index in [-0.39, 0.29) is 11.9 Å². The van der Waals surface area contributed by atoms with Crippen molar-refractivity contribution in [2.75, 3.05) is 31.1 Å². The van der Waals surface area contributed by atoms with Crippen molar-refractivity contribution in [3.05, 3.63) is 35.0 Å². The minimum Gasteiger partial charge on any atom is -0.367 e. The Balaban J connectivity index is 1.56. The van der Waals surface area contributed by atoms with E-state index in [0.717, 1.165) is 61.2 Å². The Kier molecular flexibility index (Phi) is 4.94. The Morgan fingerprint density at radius 3 is 2.61 bits per heavy atom. The average Bonchev–Trinajstić information content (AvgIpc) is 3.50. The van der Waals surface area contributed by atoms with Crippen molar-refractivity contribution < 1.29 is 4.79 Å². The number of anilines is 1. The van der Waals surface area contributed by atoms with E-state index in [2.05, 4.69) is 52.2 Å². The van der Waals surface area contributed by atoms with Gasteiger partial charge in [0.1, 0.15) is 6.07 Å². The minimum absolute atomic E-state index is 0.114. The highest BCUT2D eigenvalue weighted by atomic mass is 16.2. The fraction of sp³-hybridized carbons (Fsp3) is 0.500. The number of benzene rings is 1. The molecule has 1 aliphatic heterocycles. The average molecular weight is 377 g/mol. The number of piperazine rings is 1. The van der Waals surface area contributed by atoms with Gasteiger partial charge in [0.25, 0.3) is 0 Å². The Bertz CT molecular complexity index is 952. The molecule has 0 spiro atoms. The van der Waals surface area contributed by atoms with Crippen molar-refractivity contribution in [3.8, 4) is 6.07 Å². The third-order valence-electron chi connectivity index (χ3n) is 5.88. The second-order valence-electron chi connectivity index (χ2n) is 8.09. The first-order chi connectivity index (χ1) is 13.5.